The molecule has 3 fully saturated rings. The molecule has 184 valence electrons. The Morgan fingerprint density at radius 3 is 2.45 bits per heavy atom. The second-order valence-electron chi connectivity index (χ2n) is 13.9. The van der Waals surface area contributed by atoms with Crippen molar-refractivity contribution in [1.82, 2.24) is 0 Å². The zero-order valence-corrected chi connectivity index (χ0v) is 22.1. The Labute approximate surface area is 201 Å². The number of carbonyl (C=O) groups excluding carboxylic acids is 1. The predicted octanol–water partition coefficient (Wildman–Crippen LogP) is 6.99. The molecule has 0 amide bonds. The van der Waals surface area contributed by atoms with Crippen LogP contribution in [0.15, 0.2) is 23.3 Å². The normalized spacial score (nSPS) is 47.8. The average Bonchev–Trinajstić information content (AvgIpc) is 3.16. The molecule has 7 atom stereocenters. The minimum atomic E-state index is -0.401. The van der Waals surface area contributed by atoms with Crippen LogP contribution in [-0.2, 0) is 9.53 Å². The summed E-state index contributed by atoms with van der Waals surface area (Å²) in [7, 11) is 0. The summed E-state index contributed by atoms with van der Waals surface area (Å²) in [6, 6.07) is 0. The van der Waals surface area contributed by atoms with Crippen LogP contribution < -0.4 is 0 Å². The molecule has 3 heteroatoms. The van der Waals surface area contributed by atoms with Gasteiger partial charge in [0, 0.05) is 11.3 Å². The Bertz CT molecular complexity index is 912. The number of ether oxygens (including phenoxy) is 1. The molecule has 5 aliphatic rings. The summed E-state index contributed by atoms with van der Waals surface area (Å²) in [4.78, 5) is 13.8. The van der Waals surface area contributed by atoms with Crippen LogP contribution in [0.5, 0.6) is 0 Å². The monoisotopic (exact) mass is 454 g/mol. The van der Waals surface area contributed by atoms with Gasteiger partial charge in [-0.3, -0.25) is 4.79 Å². The van der Waals surface area contributed by atoms with Crippen molar-refractivity contribution in [3.05, 3.63) is 23.3 Å². The zero-order valence-electron chi connectivity index (χ0n) is 22.1. The van der Waals surface area contributed by atoms with Crippen molar-refractivity contribution >= 4 is 5.97 Å². The molecule has 0 aromatic rings. The maximum Gasteiger partial charge on any atom is 0.314 e. The number of rotatable bonds is 4. The van der Waals surface area contributed by atoms with Gasteiger partial charge >= 0.3 is 5.97 Å². The van der Waals surface area contributed by atoms with Crippen molar-refractivity contribution in [2.24, 2.45) is 39.4 Å². The lowest BCUT2D eigenvalue weighted by Crippen LogP contribution is -2.55. The lowest BCUT2D eigenvalue weighted by Gasteiger charge is -2.60. The Morgan fingerprint density at radius 2 is 1.76 bits per heavy atom. The predicted molar refractivity (Wildman–Crippen MR) is 132 cm³/mol. The van der Waals surface area contributed by atoms with Gasteiger partial charge in [0.25, 0.3) is 0 Å². The molecule has 1 spiro atoms. The summed E-state index contributed by atoms with van der Waals surface area (Å²) in [5.41, 5.74) is 2.07. The van der Waals surface area contributed by atoms with Gasteiger partial charge in [-0.2, -0.15) is 0 Å². The smallest absolute Gasteiger partial charge is 0.314 e. The van der Waals surface area contributed by atoms with Crippen molar-refractivity contribution in [3.63, 3.8) is 0 Å². The molecule has 0 aromatic carbocycles. The van der Waals surface area contributed by atoms with E-state index in [1.165, 1.54) is 17.6 Å². The van der Waals surface area contributed by atoms with Crippen LogP contribution >= 0.6 is 0 Å². The van der Waals surface area contributed by atoms with Crippen molar-refractivity contribution in [3.8, 4) is 0 Å². The number of cyclic esters (lactones) is 1. The van der Waals surface area contributed by atoms with Crippen LogP contribution in [0.3, 0.4) is 0 Å². The van der Waals surface area contributed by atoms with Gasteiger partial charge in [0.1, 0.15) is 5.60 Å². The van der Waals surface area contributed by atoms with Crippen LogP contribution in [-0.4, -0.2) is 22.8 Å². The second kappa shape index (κ2) is 7.21. The first-order valence-electron chi connectivity index (χ1n) is 13.7. The van der Waals surface area contributed by atoms with Crippen LogP contribution in [0.2, 0.25) is 0 Å². The SMILES string of the molecule is CC(C)CCC[C@@]1(C)OC(=O)[C@@]23CC=C4C(=CC[C@H]5C(C)(C)[C@@H](O)CC[C@]45C)[C@]2(C)CC[C@H]13. The van der Waals surface area contributed by atoms with Crippen LogP contribution in [0.1, 0.15) is 106 Å². The highest BCUT2D eigenvalue weighted by atomic mass is 16.6. The zero-order chi connectivity index (χ0) is 24.0. The number of carbonyl (C=O) groups is 1. The molecule has 1 heterocycles. The summed E-state index contributed by atoms with van der Waals surface area (Å²) < 4.78 is 6.35. The van der Waals surface area contributed by atoms with Gasteiger partial charge in [0.05, 0.1) is 11.5 Å². The number of hydrogen-bond acceptors (Lipinski definition) is 3. The molecule has 1 aliphatic heterocycles. The third kappa shape index (κ3) is 2.87. The van der Waals surface area contributed by atoms with Gasteiger partial charge in [0.15, 0.2) is 0 Å². The van der Waals surface area contributed by atoms with E-state index in [4.69, 9.17) is 4.74 Å². The molecule has 33 heavy (non-hydrogen) atoms. The van der Waals surface area contributed by atoms with Crippen molar-refractivity contribution in [1.29, 1.82) is 0 Å². The quantitative estimate of drug-likeness (QED) is 0.465. The minimum absolute atomic E-state index is 0.0717. The highest BCUT2D eigenvalue weighted by Crippen LogP contribution is 2.74. The van der Waals surface area contributed by atoms with Crippen molar-refractivity contribution in [2.75, 3.05) is 0 Å². The lowest BCUT2D eigenvalue weighted by molar-refractivity contribution is -0.158. The van der Waals surface area contributed by atoms with Crippen molar-refractivity contribution in [2.45, 2.75) is 118 Å². The largest absolute Gasteiger partial charge is 0.459 e. The summed E-state index contributed by atoms with van der Waals surface area (Å²) >= 11 is 0. The highest BCUT2D eigenvalue weighted by molar-refractivity contribution is 5.84. The van der Waals surface area contributed by atoms with Crippen LogP contribution in [0, 0.1) is 39.4 Å². The van der Waals surface area contributed by atoms with E-state index >= 15 is 0 Å². The van der Waals surface area contributed by atoms with Gasteiger partial charge in [-0.05, 0) is 92.1 Å². The molecular weight excluding hydrogens is 408 g/mol. The number of aliphatic hydroxyl groups is 1. The maximum atomic E-state index is 13.8. The molecule has 1 N–H and O–H groups in total. The number of esters is 1. The molecule has 2 saturated carbocycles. The summed E-state index contributed by atoms with van der Waals surface area (Å²) in [6.45, 7) is 16.1. The molecule has 0 radical (unpaired) electrons. The molecule has 5 rings (SSSR count). The average molecular weight is 455 g/mol. The van der Waals surface area contributed by atoms with E-state index in [9.17, 15) is 9.90 Å². The van der Waals surface area contributed by atoms with Gasteiger partial charge in [-0.25, -0.2) is 0 Å². The van der Waals surface area contributed by atoms with E-state index in [-0.39, 0.29) is 33.9 Å². The third-order valence-electron chi connectivity index (χ3n) is 11.5. The fourth-order valence-corrected chi connectivity index (χ4v) is 9.47. The molecular formula is C30H46O3. The lowest BCUT2D eigenvalue weighted by atomic mass is 9.44. The first kappa shape index (κ1) is 23.6. The number of fused-ring (bicyclic) bond motifs is 4. The fraction of sp³-hybridized carbons (Fsp3) is 0.833. The molecule has 0 unspecified atom stereocenters. The number of allylic oxidation sites excluding steroid dienone is 4. The van der Waals surface area contributed by atoms with Crippen LogP contribution in [0.4, 0.5) is 0 Å². The third-order valence-corrected chi connectivity index (χ3v) is 11.5. The number of aliphatic hydroxyl groups excluding tert-OH is 1. The van der Waals surface area contributed by atoms with E-state index in [1.807, 2.05) is 0 Å². The Balaban J connectivity index is 1.53. The minimum Gasteiger partial charge on any atom is -0.459 e. The van der Waals surface area contributed by atoms with Crippen LogP contribution in [0.25, 0.3) is 0 Å². The summed E-state index contributed by atoms with van der Waals surface area (Å²) in [6.07, 6.45) is 13.9. The molecule has 1 saturated heterocycles. The summed E-state index contributed by atoms with van der Waals surface area (Å²) in [5, 5.41) is 10.8. The van der Waals surface area contributed by atoms with Crippen molar-refractivity contribution < 1.29 is 14.6 Å². The standard InChI is InChI=1S/C30H46O3/c1-19(2)9-8-15-29(7)23-13-17-28(6)21-10-11-22-26(3,4)24(31)14-16-27(22,5)20(21)12-18-30(23,28)25(32)33-29/h10,12,19,22-24,31H,8-9,11,13-18H2,1-7H3/t22-,23+,24-,27+,28-,29+,30-/m0/s1. The van der Waals surface area contributed by atoms with E-state index in [2.05, 4.69) is 60.6 Å². The highest BCUT2D eigenvalue weighted by Gasteiger charge is 2.74. The van der Waals surface area contributed by atoms with E-state index in [1.54, 1.807) is 0 Å². The van der Waals surface area contributed by atoms with Gasteiger partial charge in [0.2, 0.25) is 0 Å². The topological polar surface area (TPSA) is 46.5 Å². The summed E-state index contributed by atoms with van der Waals surface area (Å²) in [5.74, 6) is 1.51. The second-order valence-corrected chi connectivity index (χ2v) is 13.9. The van der Waals surface area contributed by atoms with E-state index in [0.29, 0.717) is 17.8 Å². The van der Waals surface area contributed by atoms with Gasteiger partial charge < -0.3 is 9.84 Å². The molecule has 3 nitrogen and oxygen atoms in total. The molecule has 0 aromatic heterocycles. The molecule has 0 bridgehead atoms. The Morgan fingerprint density at radius 1 is 1.03 bits per heavy atom. The first-order valence-corrected chi connectivity index (χ1v) is 13.7. The Hall–Kier alpha value is -1.09. The van der Waals surface area contributed by atoms with Gasteiger partial charge in [-0.1, -0.05) is 60.1 Å². The number of hydrogen-bond donors (Lipinski definition) is 1. The Kier molecular flexibility index (Phi) is 5.17. The van der Waals surface area contributed by atoms with E-state index in [0.717, 1.165) is 51.4 Å². The van der Waals surface area contributed by atoms with Gasteiger partial charge in [-0.15, -0.1) is 0 Å². The molecule has 4 aliphatic carbocycles. The maximum absolute atomic E-state index is 13.8. The van der Waals surface area contributed by atoms with E-state index < -0.39 is 5.41 Å². The first-order chi connectivity index (χ1) is 15.3. The fourth-order valence-electron chi connectivity index (χ4n) is 9.47.